The van der Waals surface area contributed by atoms with Crippen LogP contribution in [-0.4, -0.2) is 44.4 Å². The number of carboxylic acid groups (broad SMARTS) is 1. The quantitative estimate of drug-likeness (QED) is 0.907. The minimum absolute atomic E-state index is 0.245. The molecule has 0 aliphatic carbocycles. The second-order valence-corrected chi connectivity index (χ2v) is 5.14. The number of piperidine rings is 1. The summed E-state index contributed by atoms with van der Waals surface area (Å²) in [5.74, 6) is -1.85. The fourth-order valence-corrected chi connectivity index (χ4v) is 2.56. The van der Waals surface area contributed by atoms with Gasteiger partial charge in [0.2, 0.25) is 0 Å². The van der Waals surface area contributed by atoms with Gasteiger partial charge in [0.05, 0.1) is 5.92 Å². The highest BCUT2D eigenvalue weighted by Gasteiger charge is 2.28. The van der Waals surface area contributed by atoms with Gasteiger partial charge >= 0.3 is 5.97 Å². The van der Waals surface area contributed by atoms with Crippen LogP contribution >= 0.6 is 0 Å². The van der Waals surface area contributed by atoms with Crippen molar-refractivity contribution in [1.29, 1.82) is 0 Å². The molecule has 0 aromatic carbocycles. The van der Waals surface area contributed by atoms with Gasteiger partial charge in [-0.1, -0.05) is 0 Å². The number of likely N-dealkylation sites (tertiary alicyclic amines) is 1. The van der Waals surface area contributed by atoms with E-state index in [0.717, 1.165) is 0 Å². The van der Waals surface area contributed by atoms with Crippen molar-refractivity contribution in [3.63, 3.8) is 0 Å². The fraction of sp³-hybridized carbons (Fsp3) is 0.357. The molecule has 7 heteroatoms. The highest BCUT2D eigenvalue weighted by molar-refractivity contribution is 5.93. The van der Waals surface area contributed by atoms with E-state index in [1.165, 1.54) is 28.9 Å². The molecule has 2 aromatic rings. The molecule has 6 nitrogen and oxygen atoms in total. The zero-order valence-electron chi connectivity index (χ0n) is 11.2. The number of carbonyl (C=O) groups excluding carboxylic acids is 1. The van der Waals surface area contributed by atoms with Gasteiger partial charge in [-0.15, -0.1) is 0 Å². The summed E-state index contributed by atoms with van der Waals surface area (Å²) in [5.41, 5.74) is 0.745. The van der Waals surface area contributed by atoms with Crippen LogP contribution in [0.5, 0.6) is 0 Å². The van der Waals surface area contributed by atoms with Crippen LogP contribution in [0.2, 0.25) is 0 Å². The number of aromatic nitrogens is 2. The summed E-state index contributed by atoms with van der Waals surface area (Å²) >= 11 is 0. The SMILES string of the molecule is O=C(O)C1CCN(C(=O)c2cn3cc(F)ccc3n2)CC1. The lowest BCUT2D eigenvalue weighted by molar-refractivity contribution is -0.143. The average Bonchev–Trinajstić information content (AvgIpc) is 2.89. The summed E-state index contributed by atoms with van der Waals surface area (Å²) in [5, 5.41) is 8.95. The lowest BCUT2D eigenvalue weighted by Gasteiger charge is -2.29. The second-order valence-electron chi connectivity index (χ2n) is 5.14. The van der Waals surface area contributed by atoms with Gasteiger partial charge in [0.25, 0.3) is 5.91 Å². The largest absolute Gasteiger partial charge is 0.481 e. The van der Waals surface area contributed by atoms with E-state index < -0.39 is 11.8 Å². The van der Waals surface area contributed by atoms with Crippen LogP contribution in [0.3, 0.4) is 0 Å². The van der Waals surface area contributed by atoms with Crippen molar-refractivity contribution in [1.82, 2.24) is 14.3 Å². The van der Waals surface area contributed by atoms with E-state index in [0.29, 0.717) is 31.6 Å². The number of hydrogen-bond acceptors (Lipinski definition) is 3. The molecule has 0 saturated carbocycles. The van der Waals surface area contributed by atoms with Gasteiger partial charge in [0, 0.05) is 25.5 Å². The number of amides is 1. The number of nitrogens with zero attached hydrogens (tertiary/aromatic N) is 3. The molecule has 1 N–H and O–H groups in total. The van der Waals surface area contributed by atoms with Gasteiger partial charge in [0.15, 0.2) is 0 Å². The average molecular weight is 291 g/mol. The monoisotopic (exact) mass is 291 g/mol. The van der Waals surface area contributed by atoms with E-state index in [4.69, 9.17) is 5.11 Å². The van der Waals surface area contributed by atoms with E-state index in [1.54, 1.807) is 4.90 Å². The Kier molecular flexibility index (Phi) is 3.32. The van der Waals surface area contributed by atoms with Crippen molar-refractivity contribution in [3.05, 3.63) is 36.0 Å². The standard InChI is InChI=1S/C14H14FN3O3/c15-10-1-2-12-16-11(8-18(12)7-10)13(19)17-5-3-9(4-6-17)14(20)21/h1-2,7-9H,3-6H2,(H,20,21). The van der Waals surface area contributed by atoms with Gasteiger partial charge in [0.1, 0.15) is 17.2 Å². The van der Waals surface area contributed by atoms with Crippen LogP contribution < -0.4 is 0 Å². The molecule has 1 aliphatic rings. The zero-order valence-corrected chi connectivity index (χ0v) is 11.2. The van der Waals surface area contributed by atoms with Crippen molar-refractivity contribution >= 4 is 17.5 Å². The van der Waals surface area contributed by atoms with Gasteiger partial charge in [-0.2, -0.15) is 0 Å². The van der Waals surface area contributed by atoms with E-state index in [-0.39, 0.29) is 17.5 Å². The summed E-state index contributed by atoms with van der Waals surface area (Å²) < 4.78 is 14.6. The molecule has 110 valence electrons. The molecule has 3 rings (SSSR count). The summed E-state index contributed by atoms with van der Waals surface area (Å²) in [7, 11) is 0. The lowest BCUT2D eigenvalue weighted by Crippen LogP contribution is -2.40. The summed E-state index contributed by atoms with van der Waals surface area (Å²) in [6, 6.07) is 2.79. The zero-order chi connectivity index (χ0) is 15.0. The molecule has 1 amide bonds. The number of carboxylic acids is 1. The lowest BCUT2D eigenvalue weighted by atomic mass is 9.97. The predicted molar refractivity (Wildman–Crippen MR) is 71.4 cm³/mol. The normalized spacial score (nSPS) is 16.3. The maximum Gasteiger partial charge on any atom is 0.306 e. The topological polar surface area (TPSA) is 74.9 Å². The molecule has 2 aromatic heterocycles. The third-order valence-electron chi connectivity index (χ3n) is 3.77. The number of hydrogen-bond donors (Lipinski definition) is 1. The van der Waals surface area contributed by atoms with Crippen molar-refractivity contribution in [2.45, 2.75) is 12.8 Å². The Bertz CT molecular complexity index is 705. The Balaban J connectivity index is 1.76. The van der Waals surface area contributed by atoms with Crippen molar-refractivity contribution in [2.24, 2.45) is 5.92 Å². The van der Waals surface area contributed by atoms with Gasteiger partial charge in [-0.05, 0) is 25.0 Å². The van der Waals surface area contributed by atoms with E-state index >= 15 is 0 Å². The Morgan fingerprint density at radius 3 is 2.62 bits per heavy atom. The van der Waals surface area contributed by atoms with Crippen LogP contribution in [0.1, 0.15) is 23.3 Å². The molecule has 0 radical (unpaired) electrons. The first-order valence-electron chi connectivity index (χ1n) is 6.71. The van der Waals surface area contributed by atoms with Crippen LogP contribution in [0.4, 0.5) is 4.39 Å². The highest BCUT2D eigenvalue weighted by Crippen LogP contribution is 2.19. The van der Waals surface area contributed by atoms with Crippen molar-refractivity contribution in [3.8, 4) is 0 Å². The molecular weight excluding hydrogens is 277 g/mol. The Morgan fingerprint density at radius 2 is 1.95 bits per heavy atom. The molecule has 1 fully saturated rings. The minimum atomic E-state index is -0.815. The molecule has 1 aliphatic heterocycles. The number of pyridine rings is 1. The van der Waals surface area contributed by atoms with Crippen LogP contribution in [0, 0.1) is 11.7 Å². The van der Waals surface area contributed by atoms with E-state index in [1.807, 2.05) is 0 Å². The second kappa shape index (κ2) is 5.16. The molecule has 0 atom stereocenters. The molecule has 1 saturated heterocycles. The first-order chi connectivity index (χ1) is 10.0. The third kappa shape index (κ3) is 2.58. The minimum Gasteiger partial charge on any atom is -0.481 e. The van der Waals surface area contributed by atoms with Crippen LogP contribution in [-0.2, 0) is 4.79 Å². The smallest absolute Gasteiger partial charge is 0.306 e. The predicted octanol–water partition coefficient (Wildman–Crippen LogP) is 1.41. The molecule has 21 heavy (non-hydrogen) atoms. The van der Waals surface area contributed by atoms with E-state index in [2.05, 4.69) is 4.98 Å². The Labute approximate surface area is 119 Å². The summed E-state index contributed by atoms with van der Waals surface area (Å²) in [6.45, 7) is 0.802. The van der Waals surface area contributed by atoms with Crippen molar-refractivity contribution in [2.75, 3.05) is 13.1 Å². The van der Waals surface area contributed by atoms with Crippen molar-refractivity contribution < 1.29 is 19.1 Å². The number of imidazole rings is 1. The van der Waals surface area contributed by atoms with Crippen LogP contribution in [0.25, 0.3) is 5.65 Å². The Hall–Kier alpha value is -2.44. The fourth-order valence-electron chi connectivity index (χ4n) is 2.56. The number of fused-ring (bicyclic) bond motifs is 1. The molecule has 0 bridgehead atoms. The van der Waals surface area contributed by atoms with Gasteiger partial charge in [-0.25, -0.2) is 9.37 Å². The number of aliphatic carboxylic acids is 1. The maximum absolute atomic E-state index is 13.1. The number of rotatable bonds is 2. The van der Waals surface area contributed by atoms with Gasteiger partial charge < -0.3 is 14.4 Å². The highest BCUT2D eigenvalue weighted by atomic mass is 19.1. The first-order valence-corrected chi connectivity index (χ1v) is 6.71. The number of carbonyl (C=O) groups is 2. The Morgan fingerprint density at radius 1 is 1.24 bits per heavy atom. The third-order valence-corrected chi connectivity index (χ3v) is 3.77. The van der Waals surface area contributed by atoms with Gasteiger partial charge in [-0.3, -0.25) is 9.59 Å². The molecule has 3 heterocycles. The van der Waals surface area contributed by atoms with Crippen LogP contribution in [0.15, 0.2) is 24.5 Å². The molecule has 0 spiro atoms. The first kappa shape index (κ1) is 13.5. The number of halogens is 1. The van der Waals surface area contributed by atoms with E-state index in [9.17, 15) is 14.0 Å². The summed E-state index contributed by atoms with van der Waals surface area (Å²) in [4.78, 5) is 29.0. The molecular formula is C14H14FN3O3. The maximum atomic E-state index is 13.1. The summed E-state index contributed by atoms with van der Waals surface area (Å²) in [6.07, 6.45) is 3.64. The molecule has 0 unspecified atom stereocenters.